The maximum Gasteiger partial charge on any atom is 0.230 e. The molecule has 1 aliphatic heterocycles. The molecule has 3 N–H and O–H groups in total. The average molecular weight is 252 g/mol. The third-order valence-electron chi connectivity index (χ3n) is 3.14. The SMILES string of the molecule is CCC1OCCC1C(=O)Nc1cc(N)cc(F)c1. The van der Waals surface area contributed by atoms with E-state index in [0.717, 1.165) is 6.42 Å². The van der Waals surface area contributed by atoms with Gasteiger partial charge in [0.2, 0.25) is 5.91 Å². The first-order valence-corrected chi connectivity index (χ1v) is 6.08. The average Bonchev–Trinajstić information content (AvgIpc) is 2.75. The Bertz CT molecular complexity index is 430. The van der Waals surface area contributed by atoms with Crippen LogP contribution >= 0.6 is 0 Å². The number of carbonyl (C=O) groups excluding carboxylic acids is 1. The molecule has 18 heavy (non-hydrogen) atoms. The lowest BCUT2D eigenvalue weighted by molar-refractivity contribution is -0.121. The molecule has 1 saturated heterocycles. The number of nitrogens with two attached hydrogens (primary N) is 1. The zero-order valence-electron chi connectivity index (χ0n) is 10.3. The van der Waals surface area contributed by atoms with Crippen LogP contribution in [0.25, 0.3) is 0 Å². The molecule has 1 aliphatic rings. The van der Waals surface area contributed by atoms with Crippen molar-refractivity contribution in [3.05, 3.63) is 24.0 Å². The number of nitrogen functional groups attached to an aromatic ring is 1. The lowest BCUT2D eigenvalue weighted by Crippen LogP contribution is -2.29. The number of hydrogen-bond donors (Lipinski definition) is 2. The van der Waals surface area contributed by atoms with Crippen LogP contribution in [0.4, 0.5) is 15.8 Å². The molecule has 2 rings (SSSR count). The number of ether oxygens (including phenoxy) is 1. The second kappa shape index (κ2) is 5.35. The Morgan fingerprint density at radius 2 is 2.33 bits per heavy atom. The summed E-state index contributed by atoms with van der Waals surface area (Å²) in [5, 5.41) is 2.69. The number of nitrogens with one attached hydrogen (secondary N) is 1. The molecule has 0 radical (unpaired) electrons. The minimum Gasteiger partial charge on any atom is -0.399 e. The van der Waals surface area contributed by atoms with E-state index in [-0.39, 0.29) is 17.9 Å². The highest BCUT2D eigenvalue weighted by Gasteiger charge is 2.32. The Hall–Kier alpha value is -1.62. The molecule has 2 atom stereocenters. The molecule has 1 fully saturated rings. The summed E-state index contributed by atoms with van der Waals surface area (Å²) in [6, 6.07) is 4.01. The zero-order valence-corrected chi connectivity index (χ0v) is 10.3. The molecule has 1 heterocycles. The normalized spacial score (nSPS) is 23.0. The zero-order chi connectivity index (χ0) is 13.1. The van der Waals surface area contributed by atoms with Crippen molar-refractivity contribution in [2.75, 3.05) is 17.7 Å². The molecule has 5 heteroatoms. The van der Waals surface area contributed by atoms with Crippen molar-refractivity contribution in [3.63, 3.8) is 0 Å². The van der Waals surface area contributed by atoms with Crippen LogP contribution in [-0.2, 0) is 9.53 Å². The second-order valence-electron chi connectivity index (χ2n) is 4.48. The van der Waals surface area contributed by atoms with Crippen LogP contribution in [-0.4, -0.2) is 18.6 Å². The predicted molar refractivity (Wildman–Crippen MR) is 67.6 cm³/mol. The van der Waals surface area contributed by atoms with Gasteiger partial charge < -0.3 is 15.8 Å². The van der Waals surface area contributed by atoms with Crippen LogP contribution in [0.15, 0.2) is 18.2 Å². The van der Waals surface area contributed by atoms with E-state index in [1.807, 2.05) is 6.92 Å². The van der Waals surface area contributed by atoms with Gasteiger partial charge in [0.05, 0.1) is 12.0 Å². The summed E-state index contributed by atoms with van der Waals surface area (Å²) in [5.74, 6) is -0.760. The third kappa shape index (κ3) is 2.79. The molecular weight excluding hydrogens is 235 g/mol. The molecular formula is C13H17FN2O2. The van der Waals surface area contributed by atoms with E-state index in [0.29, 0.717) is 24.4 Å². The fourth-order valence-electron chi connectivity index (χ4n) is 2.27. The predicted octanol–water partition coefficient (Wildman–Crippen LogP) is 2.16. The maximum atomic E-state index is 13.1. The van der Waals surface area contributed by atoms with Crippen molar-refractivity contribution in [2.45, 2.75) is 25.9 Å². The summed E-state index contributed by atoms with van der Waals surface area (Å²) in [5.41, 5.74) is 6.21. The van der Waals surface area contributed by atoms with Gasteiger partial charge in [-0.2, -0.15) is 0 Å². The Balaban J connectivity index is 2.06. The molecule has 1 aromatic rings. The Morgan fingerprint density at radius 3 is 3.00 bits per heavy atom. The van der Waals surface area contributed by atoms with Crippen molar-refractivity contribution in [3.8, 4) is 0 Å². The lowest BCUT2D eigenvalue weighted by atomic mass is 9.98. The number of anilines is 2. The first kappa shape index (κ1) is 12.8. The van der Waals surface area contributed by atoms with Gasteiger partial charge in [-0.05, 0) is 31.0 Å². The van der Waals surface area contributed by atoms with Crippen LogP contribution in [0.1, 0.15) is 19.8 Å². The fraction of sp³-hybridized carbons (Fsp3) is 0.462. The molecule has 0 saturated carbocycles. The highest BCUT2D eigenvalue weighted by atomic mass is 19.1. The minimum absolute atomic E-state index is 0.0455. The Kier molecular flexibility index (Phi) is 3.81. The summed E-state index contributed by atoms with van der Waals surface area (Å²) >= 11 is 0. The van der Waals surface area contributed by atoms with Gasteiger partial charge in [-0.3, -0.25) is 4.79 Å². The molecule has 1 amide bonds. The molecule has 0 aliphatic carbocycles. The van der Waals surface area contributed by atoms with Crippen LogP contribution in [0.2, 0.25) is 0 Å². The Labute approximate surface area is 105 Å². The smallest absolute Gasteiger partial charge is 0.230 e. The van der Waals surface area contributed by atoms with Crippen molar-refractivity contribution in [1.82, 2.24) is 0 Å². The van der Waals surface area contributed by atoms with Gasteiger partial charge in [0.25, 0.3) is 0 Å². The monoisotopic (exact) mass is 252 g/mol. The summed E-state index contributed by atoms with van der Waals surface area (Å²) in [7, 11) is 0. The number of amides is 1. The molecule has 0 spiro atoms. The molecule has 2 unspecified atom stereocenters. The molecule has 0 aromatic heterocycles. The fourth-order valence-corrected chi connectivity index (χ4v) is 2.27. The van der Waals surface area contributed by atoms with Crippen LogP contribution in [0.5, 0.6) is 0 Å². The number of benzene rings is 1. The standard InChI is InChI=1S/C13H17FN2O2/c1-2-12-11(3-4-18-12)13(17)16-10-6-8(14)5-9(15)7-10/h5-7,11-12H,2-4,15H2,1H3,(H,16,17). The van der Waals surface area contributed by atoms with Crippen molar-refractivity contribution >= 4 is 17.3 Å². The van der Waals surface area contributed by atoms with E-state index in [1.54, 1.807) is 0 Å². The third-order valence-corrected chi connectivity index (χ3v) is 3.14. The van der Waals surface area contributed by atoms with E-state index < -0.39 is 5.82 Å². The van der Waals surface area contributed by atoms with Crippen LogP contribution in [0.3, 0.4) is 0 Å². The molecule has 98 valence electrons. The summed E-state index contributed by atoms with van der Waals surface area (Å²) < 4.78 is 18.6. The maximum absolute atomic E-state index is 13.1. The van der Waals surface area contributed by atoms with Gasteiger partial charge in [0.1, 0.15) is 5.82 Å². The van der Waals surface area contributed by atoms with E-state index in [9.17, 15) is 9.18 Å². The number of rotatable bonds is 3. The highest BCUT2D eigenvalue weighted by Crippen LogP contribution is 2.25. The van der Waals surface area contributed by atoms with E-state index in [2.05, 4.69) is 5.32 Å². The second-order valence-corrected chi connectivity index (χ2v) is 4.48. The molecule has 1 aromatic carbocycles. The molecule has 4 nitrogen and oxygen atoms in total. The van der Waals surface area contributed by atoms with Crippen LogP contribution < -0.4 is 11.1 Å². The van der Waals surface area contributed by atoms with Gasteiger partial charge >= 0.3 is 0 Å². The van der Waals surface area contributed by atoms with E-state index >= 15 is 0 Å². The van der Waals surface area contributed by atoms with Crippen LogP contribution in [0, 0.1) is 11.7 Å². The van der Waals surface area contributed by atoms with Gasteiger partial charge in [-0.25, -0.2) is 4.39 Å². The largest absolute Gasteiger partial charge is 0.399 e. The van der Waals surface area contributed by atoms with Gasteiger partial charge in [0.15, 0.2) is 0 Å². The highest BCUT2D eigenvalue weighted by molar-refractivity contribution is 5.93. The van der Waals surface area contributed by atoms with Crippen molar-refractivity contribution in [2.24, 2.45) is 5.92 Å². The van der Waals surface area contributed by atoms with E-state index in [1.165, 1.54) is 18.2 Å². The van der Waals surface area contributed by atoms with Gasteiger partial charge in [-0.1, -0.05) is 6.92 Å². The van der Waals surface area contributed by atoms with Crippen molar-refractivity contribution in [1.29, 1.82) is 0 Å². The number of carbonyl (C=O) groups is 1. The summed E-state index contributed by atoms with van der Waals surface area (Å²) in [6.07, 6.45) is 1.45. The molecule has 0 bridgehead atoms. The van der Waals surface area contributed by atoms with Gasteiger partial charge in [0, 0.05) is 18.0 Å². The minimum atomic E-state index is -0.458. The first-order valence-electron chi connectivity index (χ1n) is 6.08. The van der Waals surface area contributed by atoms with Gasteiger partial charge in [-0.15, -0.1) is 0 Å². The number of halogens is 1. The summed E-state index contributed by atoms with van der Waals surface area (Å²) in [6.45, 7) is 2.58. The lowest BCUT2D eigenvalue weighted by Gasteiger charge is -2.16. The topological polar surface area (TPSA) is 64.3 Å². The first-order chi connectivity index (χ1) is 8.60. The summed E-state index contributed by atoms with van der Waals surface area (Å²) in [4.78, 5) is 12.1. The van der Waals surface area contributed by atoms with E-state index in [4.69, 9.17) is 10.5 Å². The van der Waals surface area contributed by atoms with Crippen molar-refractivity contribution < 1.29 is 13.9 Å². The Morgan fingerprint density at radius 1 is 1.56 bits per heavy atom. The number of hydrogen-bond acceptors (Lipinski definition) is 3. The quantitative estimate of drug-likeness (QED) is 0.810.